The first kappa shape index (κ1) is 24.6. The van der Waals surface area contributed by atoms with Gasteiger partial charge in [-0.3, -0.25) is 9.69 Å². The fourth-order valence-corrected chi connectivity index (χ4v) is 4.60. The third-order valence-corrected chi connectivity index (χ3v) is 6.24. The number of methoxy groups -OCH3 is 1. The van der Waals surface area contributed by atoms with Crippen molar-refractivity contribution < 1.29 is 28.6 Å². The summed E-state index contributed by atoms with van der Waals surface area (Å²) in [5, 5.41) is 0. The van der Waals surface area contributed by atoms with Crippen molar-refractivity contribution in [1.82, 2.24) is 14.7 Å². The molecule has 9 heteroatoms. The number of nitrogens with zero attached hydrogens (tertiary/aromatic N) is 3. The van der Waals surface area contributed by atoms with Crippen LogP contribution >= 0.6 is 0 Å². The molecule has 2 heterocycles. The van der Waals surface area contributed by atoms with Crippen molar-refractivity contribution >= 4 is 18.2 Å². The highest BCUT2D eigenvalue weighted by Crippen LogP contribution is 2.36. The van der Waals surface area contributed by atoms with E-state index in [9.17, 15) is 14.4 Å². The summed E-state index contributed by atoms with van der Waals surface area (Å²) in [6, 6.07) is 9.43. The van der Waals surface area contributed by atoms with Crippen LogP contribution in [-0.4, -0.2) is 77.8 Å². The lowest BCUT2D eigenvalue weighted by atomic mass is 9.92. The Labute approximate surface area is 205 Å². The zero-order chi connectivity index (χ0) is 25.2. The summed E-state index contributed by atoms with van der Waals surface area (Å²) >= 11 is 0. The minimum Gasteiger partial charge on any atom is -0.469 e. The smallest absolute Gasteiger partial charge is 0.414 e. The molecule has 0 saturated carbocycles. The lowest BCUT2D eigenvalue weighted by Crippen LogP contribution is -2.62. The van der Waals surface area contributed by atoms with E-state index in [0.717, 1.165) is 11.3 Å². The minimum absolute atomic E-state index is 0.126. The molecular weight excluding hydrogens is 450 g/mol. The van der Waals surface area contributed by atoms with E-state index in [1.54, 1.807) is 15.9 Å². The van der Waals surface area contributed by atoms with Gasteiger partial charge in [0.05, 0.1) is 37.0 Å². The first-order chi connectivity index (χ1) is 16.7. The van der Waals surface area contributed by atoms with Gasteiger partial charge >= 0.3 is 18.2 Å². The Morgan fingerprint density at radius 1 is 1.00 bits per heavy atom. The van der Waals surface area contributed by atoms with Gasteiger partial charge in [0.25, 0.3) is 0 Å². The predicted molar refractivity (Wildman–Crippen MR) is 128 cm³/mol. The second-order valence-corrected chi connectivity index (χ2v) is 9.93. The van der Waals surface area contributed by atoms with E-state index in [1.165, 1.54) is 7.11 Å². The van der Waals surface area contributed by atoms with Gasteiger partial charge in [0, 0.05) is 19.6 Å². The molecule has 4 rings (SSSR count). The lowest BCUT2D eigenvalue weighted by Gasteiger charge is -2.51. The molecule has 3 aliphatic rings. The van der Waals surface area contributed by atoms with Crippen LogP contribution in [-0.2, 0) is 25.6 Å². The number of carbonyl (C=O) groups is 3. The monoisotopic (exact) mass is 483 g/mol. The van der Waals surface area contributed by atoms with Crippen molar-refractivity contribution in [2.24, 2.45) is 5.92 Å². The van der Waals surface area contributed by atoms with Gasteiger partial charge < -0.3 is 24.0 Å². The van der Waals surface area contributed by atoms with Gasteiger partial charge in [0.1, 0.15) is 12.2 Å². The predicted octanol–water partition coefficient (Wildman–Crippen LogP) is 3.52. The minimum atomic E-state index is -0.672. The Bertz CT molecular complexity index is 1030. The third-order valence-electron chi connectivity index (χ3n) is 6.24. The molecule has 2 saturated heterocycles. The summed E-state index contributed by atoms with van der Waals surface area (Å²) < 4.78 is 16.1. The second-order valence-electron chi connectivity index (χ2n) is 9.93. The number of allylic oxidation sites excluding steroid dienone is 1. The van der Waals surface area contributed by atoms with Crippen LogP contribution in [0.1, 0.15) is 32.8 Å². The molecule has 0 radical (unpaired) electrons. The summed E-state index contributed by atoms with van der Waals surface area (Å²) in [5.74, 6) is -0.806. The van der Waals surface area contributed by atoms with Gasteiger partial charge in [0.15, 0.2) is 0 Å². The average molecular weight is 484 g/mol. The van der Waals surface area contributed by atoms with Crippen LogP contribution in [0.25, 0.3) is 0 Å². The Kier molecular flexibility index (Phi) is 7.05. The molecular formula is C26H33N3O6. The number of fused-ring (bicyclic) bond motifs is 3. The largest absolute Gasteiger partial charge is 0.469 e. The maximum Gasteiger partial charge on any atom is 0.414 e. The molecule has 188 valence electrons. The van der Waals surface area contributed by atoms with E-state index in [4.69, 9.17) is 14.2 Å². The van der Waals surface area contributed by atoms with E-state index in [0.29, 0.717) is 38.3 Å². The molecule has 2 atom stereocenters. The highest BCUT2D eigenvalue weighted by atomic mass is 16.6. The molecule has 0 bridgehead atoms. The quantitative estimate of drug-likeness (QED) is 0.480. The maximum atomic E-state index is 13.2. The van der Waals surface area contributed by atoms with Crippen molar-refractivity contribution in [2.45, 2.75) is 45.4 Å². The normalized spacial score (nSPS) is 21.8. The fraction of sp³-hybridized carbons (Fsp3) is 0.500. The standard InChI is InChI=1S/C26H33N3O6/c1-26(2,3)35-25(32)29-16-20-15-27(24(31)34-17-18-8-6-5-7-9-18)12-13-28(20)21-11-10-19(14-22(21)29)23(30)33-4/h5-9,11,14,19-20H,10,12-13,15-17H2,1-4H3. The number of carbonyl (C=O) groups excluding carboxylic acids is 3. The van der Waals surface area contributed by atoms with E-state index in [-0.39, 0.29) is 24.7 Å². The first-order valence-electron chi connectivity index (χ1n) is 11.9. The van der Waals surface area contributed by atoms with Crippen LogP contribution in [0.3, 0.4) is 0 Å². The number of esters is 1. The van der Waals surface area contributed by atoms with Gasteiger partial charge in [-0.2, -0.15) is 0 Å². The third kappa shape index (κ3) is 5.61. The number of hydrogen-bond donors (Lipinski definition) is 0. The number of amides is 2. The van der Waals surface area contributed by atoms with Crippen molar-refractivity contribution in [3.8, 4) is 0 Å². The van der Waals surface area contributed by atoms with Crippen LogP contribution in [0.4, 0.5) is 9.59 Å². The van der Waals surface area contributed by atoms with Crippen molar-refractivity contribution in [3.63, 3.8) is 0 Å². The Morgan fingerprint density at radius 3 is 2.43 bits per heavy atom. The number of hydrogen-bond acceptors (Lipinski definition) is 7. The Balaban J connectivity index is 1.51. The van der Waals surface area contributed by atoms with E-state index >= 15 is 0 Å². The molecule has 0 N–H and O–H groups in total. The molecule has 2 aliphatic heterocycles. The molecule has 9 nitrogen and oxygen atoms in total. The number of benzene rings is 1. The number of piperazine rings is 2. The number of rotatable bonds is 3. The van der Waals surface area contributed by atoms with E-state index in [2.05, 4.69) is 4.90 Å². The van der Waals surface area contributed by atoms with Crippen LogP contribution in [0.2, 0.25) is 0 Å². The molecule has 2 unspecified atom stereocenters. The zero-order valence-corrected chi connectivity index (χ0v) is 20.7. The summed E-state index contributed by atoms with van der Waals surface area (Å²) in [6.07, 6.45) is 3.40. The van der Waals surface area contributed by atoms with Crippen molar-refractivity contribution in [3.05, 3.63) is 59.4 Å². The summed E-state index contributed by atoms with van der Waals surface area (Å²) in [6.45, 7) is 7.50. The molecule has 1 aromatic carbocycles. The summed E-state index contributed by atoms with van der Waals surface area (Å²) in [4.78, 5) is 43.6. The van der Waals surface area contributed by atoms with E-state index in [1.807, 2.05) is 57.2 Å². The molecule has 1 aromatic rings. The SMILES string of the molecule is COC(=O)C1C=C2C(=CC1)N1CCN(C(=O)OCc3ccccc3)CC1CN2C(=O)OC(C)(C)C. The molecule has 1 aliphatic carbocycles. The average Bonchev–Trinajstić information content (AvgIpc) is 2.85. The van der Waals surface area contributed by atoms with Gasteiger partial charge in [0.2, 0.25) is 0 Å². The first-order valence-corrected chi connectivity index (χ1v) is 11.9. The van der Waals surface area contributed by atoms with Crippen molar-refractivity contribution in [1.29, 1.82) is 0 Å². The van der Waals surface area contributed by atoms with Gasteiger partial charge in [-0.1, -0.05) is 36.4 Å². The van der Waals surface area contributed by atoms with Crippen LogP contribution < -0.4 is 0 Å². The highest BCUT2D eigenvalue weighted by molar-refractivity contribution is 5.78. The molecule has 35 heavy (non-hydrogen) atoms. The number of ether oxygens (including phenoxy) is 3. The maximum absolute atomic E-state index is 13.2. The zero-order valence-electron chi connectivity index (χ0n) is 20.7. The molecule has 0 aromatic heterocycles. The van der Waals surface area contributed by atoms with Gasteiger partial charge in [-0.05, 0) is 38.8 Å². The van der Waals surface area contributed by atoms with Gasteiger partial charge in [-0.15, -0.1) is 0 Å². The topological polar surface area (TPSA) is 88.6 Å². The highest BCUT2D eigenvalue weighted by Gasteiger charge is 2.43. The van der Waals surface area contributed by atoms with Crippen molar-refractivity contribution in [2.75, 3.05) is 33.3 Å². The molecule has 0 spiro atoms. The second kappa shape index (κ2) is 10.0. The van der Waals surface area contributed by atoms with Crippen LogP contribution in [0.15, 0.2) is 53.9 Å². The molecule has 2 fully saturated rings. The van der Waals surface area contributed by atoms with Crippen LogP contribution in [0.5, 0.6) is 0 Å². The lowest BCUT2D eigenvalue weighted by molar-refractivity contribution is -0.143. The van der Waals surface area contributed by atoms with Crippen LogP contribution in [0, 0.1) is 5.92 Å². The summed E-state index contributed by atoms with van der Waals surface area (Å²) in [7, 11) is 1.36. The molecule has 2 amide bonds. The Morgan fingerprint density at radius 2 is 1.74 bits per heavy atom. The fourth-order valence-electron chi connectivity index (χ4n) is 4.60. The van der Waals surface area contributed by atoms with Gasteiger partial charge in [-0.25, -0.2) is 9.59 Å². The summed E-state index contributed by atoms with van der Waals surface area (Å²) in [5.41, 5.74) is 1.78. The Hall–Kier alpha value is -3.49. The van der Waals surface area contributed by atoms with E-state index < -0.39 is 17.6 Å².